The molecule has 29 heavy (non-hydrogen) atoms. The van der Waals surface area contributed by atoms with Crippen molar-refractivity contribution in [2.24, 2.45) is 0 Å². The third-order valence-electron chi connectivity index (χ3n) is 6.22. The Labute approximate surface area is 175 Å². The SMILES string of the molecule is COc1ccc(S(=O)(=O)N2CCC(N3CCN(CCO)CC3)CC2)cc1C(C)C. The molecule has 1 aromatic rings. The fourth-order valence-electron chi connectivity index (χ4n) is 4.41. The van der Waals surface area contributed by atoms with Crippen LogP contribution in [0.5, 0.6) is 5.75 Å². The molecule has 2 saturated heterocycles. The molecular weight excluding hydrogens is 390 g/mol. The van der Waals surface area contributed by atoms with Crippen LogP contribution in [0.1, 0.15) is 38.2 Å². The van der Waals surface area contributed by atoms with E-state index in [1.165, 1.54) is 0 Å². The van der Waals surface area contributed by atoms with Gasteiger partial charge in [0.25, 0.3) is 0 Å². The van der Waals surface area contributed by atoms with Crippen LogP contribution in [0, 0.1) is 0 Å². The van der Waals surface area contributed by atoms with E-state index in [1.54, 1.807) is 29.6 Å². The molecule has 3 rings (SSSR count). The lowest BCUT2D eigenvalue weighted by Gasteiger charge is -2.42. The van der Waals surface area contributed by atoms with Crippen LogP contribution in [0.15, 0.2) is 23.1 Å². The quantitative estimate of drug-likeness (QED) is 0.715. The highest BCUT2D eigenvalue weighted by molar-refractivity contribution is 7.89. The molecule has 0 saturated carbocycles. The summed E-state index contributed by atoms with van der Waals surface area (Å²) in [5.74, 6) is 0.924. The maximum absolute atomic E-state index is 13.2. The Hall–Kier alpha value is -1.19. The van der Waals surface area contributed by atoms with Crippen molar-refractivity contribution in [1.29, 1.82) is 0 Å². The number of rotatable bonds is 7. The third-order valence-corrected chi connectivity index (χ3v) is 8.12. The summed E-state index contributed by atoms with van der Waals surface area (Å²) in [6, 6.07) is 5.64. The van der Waals surface area contributed by atoms with Crippen LogP contribution in [-0.2, 0) is 10.0 Å². The van der Waals surface area contributed by atoms with Gasteiger partial charge in [0.2, 0.25) is 10.0 Å². The molecule has 7 nitrogen and oxygen atoms in total. The molecule has 0 aliphatic carbocycles. The third kappa shape index (κ3) is 5.11. The molecule has 2 aliphatic heterocycles. The summed E-state index contributed by atoms with van der Waals surface area (Å²) in [6.07, 6.45) is 1.73. The second-order valence-electron chi connectivity index (χ2n) is 8.29. The summed E-state index contributed by atoms with van der Waals surface area (Å²) in [5.41, 5.74) is 0.921. The summed E-state index contributed by atoms with van der Waals surface area (Å²) >= 11 is 0. The van der Waals surface area contributed by atoms with Crippen molar-refractivity contribution in [3.63, 3.8) is 0 Å². The van der Waals surface area contributed by atoms with Crippen molar-refractivity contribution >= 4 is 10.0 Å². The zero-order valence-electron chi connectivity index (χ0n) is 17.9. The van der Waals surface area contributed by atoms with Crippen molar-refractivity contribution < 1.29 is 18.3 Å². The van der Waals surface area contributed by atoms with E-state index in [2.05, 4.69) is 9.80 Å². The Kier molecular flexibility index (Phi) is 7.56. The van der Waals surface area contributed by atoms with E-state index >= 15 is 0 Å². The summed E-state index contributed by atoms with van der Waals surface area (Å²) < 4.78 is 33.4. The highest BCUT2D eigenvalue weighted by Crippen LogP contribution is 2.31. The molecule has 2 heterocycles. The van der Waals surface area contributed by atoms with E-state index in [4.69, 9.17) is 9.84 Å². The van der Waals surface area contributed by atoms with Gasteiger partial charge in [-0.15, -0.1) is 0 Å². The number of benzene rings is 1. The molecule has 0 atom stereocenters. The van der Waals surface area contributed by atoms with Crippen molar-refractivity contribution in [3.05, 3.63) is 23.8 Å². The Morgan fingerprint density at radius 3 is 2.31 bits per heavy atom. The number of piperazine rings is 1. The Bertz CT molecular complexity index is 768. The monoisotopic (exact) mass is 425 g/mol. The summed E-state index contributed by atoms with van der Waals surface area (Å²) in [4.78, 5) is 5.13. The number of aliphatic hydroxyl groups is 1. The maximum Gasteiger partial charge on any atom is 0.243 e. The number of piperidine rings is 1. The van der Waals surface area contributed by atoms with Gasteiger partial charge in [0.15, 0.2) is 0 Å². The molecule has 8 heteroatoms. The van der Waals surface area contributed by atoms with Gasteiger partial charge in [0, 0.05) is 51.9 Å². The minimum Gasteiger partial charge on any atom is -0.496 e. The van der Waals surface area contributed by atoms with Crippen molar-refractivity contribution in [3.8, 4) is 5.75 Å². The van der Waals surface area contributed by atoms with E-state index in [0.29, 0.717) is 24.0 Å². The maximum atomic E-state index is 13.2. The second kappa shape index (κ2) is 9.75. The smallest absolute Gasteiger partial charge is 0.243 e. The van der Waals surface area contributed by atoms with Gasteiger partial charge in [-0.25, -0.2) is 8.42 Å². The van der Waals surface area contributed by atoms with Gasteiger partial charge >= 0.3 is 0 Å². The van der Waals surface area contributed by atoms with E-state index in [-0.39, 0.29) is 12.5 Å². The highest BCUT2D eigenvalue weighted by Gasteiger charge is 2.33. The minimum atomic E-state index is -3.49. The first-order valence-corrected chi connectivity index (χ1v) is 12.1. The number of sulfonamides is 1. The van der Waals surface area contributed by atoms with Gasteiger partial charge in [0.1, 0.15) is 5.75 Å². The summed E-state index contributed by atoms with van der Waals surface area (Å²) in [7, 11) is -1.88. The molecule has 2 aliphatic rings. The van der Waals surface area contributed by atoms with Crippen molar-refractivity contribution in [1.82, 2.24) is 14.1 Å². The molecule has 2 fully saturated rings. The molecule has 1 aromatic carbocycles. The van der Waals surface area contributed by atoms with E-state index in [1.807, 2.05) is 13.8 Å². The van der Waals surface area contributed by atoms with E-state index in [9.17, 15) is 8.42 Å². The summed E-state index contributed by atoms with van der Waals surface area (Å²) in [5, 5.41) is 9.08. The number of aliphatic hydroxyl groups excluding tert-OH is 1. The first kappa shape index (κ1) is 22.5. The van der Waals surface area contributed by atoms with Gasteiger partial charge in [-0.05, 0) is 42.5 Å². The Morgan fingerprint density at radius 1 is 1.10 bits per heavy atom. The molecular formula is C21H35N3O4S. The molecule has 0 unspecified atom stereocenters. The van der Waals surface area contributed by atoms with E-state index in [0.717, 1.165) is 56.9 Å². The van der Waals surface area contributed by atoms with Crippen LogP contribution in [0.4, 0.5) is 0 Å². The molecule has 0 radical (unpaired) electrons. The van der Waals surface area contributed by atoms with E-state index < -0.39 is 10.0 Å². The molecule has 0 amide bonds. The number of hydrogen-bond acceptors (Lipinski definition) is 6. The molecule has 0 spiro atoms. The lowest BCUT2D eigenvalue weighted by atomic mass is 10.0. The van der Waals surface area contributed by atoms with Crippen LogP contribution in [0.2, 0.25) is 0 Å². The number of nitrogens with zero attached hydrogens (tertiary/aromatic N) is 3. The van der Waals surface area contributed by atoms with Gasteiger partial charge in [-0.1, -0.05) is 13.8 Å². The van der Waals surface area contributed by atoms with Crippen LogP contribution in [-0.4, -0.2) is 93.2 Å². The number of β-amino-alcohol motifs (C(OH)–C–C–N with tert-alkyl or cyclic N) is 1. The average molecular weight is 426 g/mol. The van der Waals surface area contributed by atoms with Gasteiger partial charge in [-0.2, -0.15) is 4.31 Å². The first-order chi connectivity index (χ1) is 13.9. The zero-order valence-corrected chi connectivity index (χ0v) is 18.7. The number of methoxy groups -OCH3 is 1. The molecule has 1 N–H and O–H groups in total. The van der Waals surface area contributed by atoms with Crippen LogP contribution in [0.25, 0.3) is 0 Å². The predicted molar refractivity (Wildman–Crippen MR) is 114 cm³/mol. The van der Waals surface area contributed by atoms with Crippen molar-refractivity contribution in [2.75, 3.05) is 59.5 Å². The van der Waals surface area contributed by atoms with Gasteiger partial charge in [-0.3, -0.25) is 9.80 Å². The van der Waals surface area contributed by atoms with Gasteiger partial charge in [0.05, 0.1) is 18.6 Å². The molecule has 0 aromatic heterocycles. The Balaban J connectivity index is 1.62. The fraction of sp³-hybridized carbons (Fsp3) is 0.714. The summed E-state index contributed by atoms with van der Waals surface area (Å²) in [6.45, 7) is 10.1. The van der Waals surface area contributed by atoms with Crippen LogP contribution >= 0.6 is 0 Å². The first-order valence-electron chi connectivity index (χ1n) is 10.6. The van der Waals surface area contributed by atoms with Crippen LogP contribution in [0.3, 0.4) is 0 Å². The van der Waals surface area contributed by atoms with Gasteiger partial charge < -0.3 is 9.84 Å². The average Bonchev–Trinajstić information content (AvgIpc) is 2.74. The number of ether oxygens (including phenoxy) is 1. The zero-order chi connectivity index (χ0) is 21.0. The molecule has 164 valence electrons. The minimum absolute atomic E-state index is 0.190. The lowest BCUT2D eigenvalue weighted by molar-refractivity contribution is 0.0645. The lowest BCUT2D eigenvalue weighted by Crippen LogP contribution is -2.54. The Morgan fingerprint density at radius 2 is 1.76 bits per heavy atom. The van der Waals surface area contributed by atoms with Crippen molar-refractivity contribution in [2.45, 2.75) is 43.5 Å². The highest BCUT2D eigenvalue weighted by atomic mass is 32.2. The molecule has 0 bridgehead atoms. The normalized spacial score (nSPS) is 21.0. The standard InChI is InChI=1S/C21H35N3O4S/c1-17(2)20-16-19(4-5-21(20)28-3)29(26,27)24-8-6-18(7-9-24)23-12-10-22(11-13-23)14-15-25/h4-5,16-18,25H,6-15H2,1-3H3. The van der Waals surface area contributed by atoms with Crippen LogP contribution < -0.4 is 4.74 Å². The number of hydrogen-bond donors (Lipinski definition) is 1. The largest absolute Gasteiger partial charge is 0.496 e. The predicted octanol–water partition coefficient (Wildman–Crippen LogP) is 1.58. The second-order valence-corrected chi connectivity index (χ2v) is 10.2. The topological polar surface area (TPSA) is 73.3 Å². The fourth-order valence-corrected chi connectivity index (χ4v) is 5.92.